The van der Waals surface area contributed by atoms with Crippen molar-refractivity contribution >= 4 is 5.95 Å². The SMILES string of the molecule is CCc1nc(N)nc(C2CCC(C)(C)CC2)n1. The van der Waals surface area contributed by atoms with Crippen molar-refractivity contribution in [2.24, 2.45) is 5.41 Å². The van der Waals surface area contributed by atoms with E-state index < -0.39 is 0 Å². The first kappa shape index (κ1) is 12.3. The smallest absolute Gasteiger partial charge is 0.223 e. The van der Waals surface area contributed by atoms with Crippen LogP contribution in [0, 0.1) is 5.41 Å². The molecule has 0 aliphatic heterocycles. The Balaban J connectivity index is 2.15. The van der Waals surface area contributed by atoms with Crippen LogP contribution in [0.2, 0.25) is 0 Å². The first-order valence-corrected chi connectivity index (χ1v) is 6.50. The van der Waals surface area contributed by atoms with Gasteiger partial charge in [-0.15, -0.1) is 0 Å². The molecule has 0 atom stereocenters. The van der Waals surface area contributed by atoms with E-state index >= 15 is 0 Å². The molecule has 0 saturated heterocycles. The molecule has 4 nitrogen and oxygen atoms in total. The van der Waals surface area contributed by atoms with Gasteiger partial charge in [-0.2, -0.15) is 9.97 Å². The molecule has 0 amide bonds. The van der Waals surface area contributed by atoms with E-state index in [-0.39, 0.29) is 0 Å². The van der Waals surface area contributed by atoms with Gasteiger partial charge in [0.2, 0.25) is 5.95 Å². The van der Waals surface area contributed by atoms with E-state index in [0.717, 1.165) is 18.1 Å². The third kappa shape index (κ3) is 2.93. The minimum absolute atomic E-state index is 0.372. The Labute approximate surface area is 103 Å². The molecular formula is C13H22N4. The lowest BCUT2D eigenvalue weighted by Gasteiger charge is -2.33. The Kier molecular flexibility index (Phi) is 3.31. The molecule has 0 spiro atoms. The van der Waals surface area contributed by atoms with E-state index in [1.807, 2.05) is 6.92 Å². The van der Waals surface area contributed by atoms with E-state index in [1.54, 1.807) is 0 Å². The van der Waals surface area contributed by atoms with Crippen molar-refractivity contribution in [2.45, 2.75) is 58.8 Å². The summed E-state index contributed by atoms with van der Waals surface area (Å²) in [4.78, 5) is 13.0. The van der Waals surface area contributed by atoms with E-state index in [0.29, 0.717) is 17.3 Å². The molecule has 0 aromatic carbocycles. The van der Waals surface area contributed by atoms with Crippen LogP contribution in [0.25, 0.3) is 0 Å². The molecule has 1 aromatic heterocycles. The highest BCUT2D eigenvalue weighted by Crippen LogP contribution is 2.41. The van der Waals surface area contributed by atoms with Gasteiger partial charge in [0, 0.05) is 12.3 Å². The van der Waals surface area contributed by atoms with Gasteiger partial charge in [0.1, 0.15) is 11.6 Å². The molecule has 2 rings (SSSR count). The summed E-state index contributed by atoms with van der Waals surface area (Å²) in [6.45, 7) is 6.72. The summed E-state index contributed by atoms with van der Waals surface area (Å²) in [6.07, 6.45) is 5.63. The average Bonchev–Trinajstić information content (AvgIpc) is 2.28. The van der Waals surface area contributed by atoms with Crippen LogP contribution >= 0.6 is 0 Å². The van der Waals surface area contributed by atoms with Crippen molar-refractivity contribution in [3.63, 3.8) is 0 Å². The topological polar surface area (TPSA) is 64.7 Å². The standard InChI is InChI=1S/C13H22N4/c1-4-10-15-11(17-12(14)16-10)9-5-7-13(2,3)8-6-9/h9H,4-8H2,1-3H3,(H2,14,15,16,17). The summed E-state index contributed by atoms with van der Waals surface area (Å²) in [7, 11) is 0. The zero-order valence-corrected chi connectivity index (χ0v) is 11.0. The molecule has 0 radical (unpaired) electrons. The van der Waals surface area contributed by atoms with E-state index in [1.165, 1.54) is 25.7 Å². The van der Waals surface area contributed by atoms with Crippen LogP contribution in [0.1, 0.15) is 64.0 Å². The van der Waals surface area contributed by atoms with Gasteiger partial charge < -0.3 is 5.73 Å². The maximum atomic E-state index is 5.73. The van der Waals surface area contributed by atoms with Crippen LogP contribution in [-0.2, 0) is 6.42 Å². The fourth-order valence-electron chi connectivity index (χ4n) is 2.45. The first-order chi connectivity index (χ1) is 8.00. The normalized spacial score (nSPS) is 20.4. The molecule has 1 aliphatic rings. The summed E-state index contributed by atoms with van der Waals surface area (Å²) >= 11 is 0. The van der Waals surface area contributed by atoms with Crippen molar-refractivity contribution in [1.82, 2.24) is 15.0 Å². The zero-order chi connectivity index (χ0) is 12.5. The number of aromatic nitrogens is 3. The van der Waals surface area contributed by atoms with Crippen molar-refractivity contribution < 1.29 is 0 Å². The lowest BCUT2D eigenvalue weighted by molar-refractivity contribution is 0.220. The number of nitrogen functional groups attached to an aromatic ring is 1. The Morgan fingerprint density at radius 2 is 1.82 bits per heavy atom. The third-order valence-corrected chi connectivity index (χ3v) is 3.74. The lowest BCUT2D eigenvalue weighted by Crippen LogP contribution is -2.22. The van der Waals surface area contributed by atoms with Gasteiger partial charge >= 0.3 is 0 Å². The van der Waals surface area contributed by atoms with Crippen LogP contribution < -0.4 is 5.73 Å². The zero-order valence-electron chi connectivity index (χ0n) is 11.0. The fourth-order valence-corrected chi connectivity index (χ4v) is 2.45. The van der Waals surface area contributed by atoms with Gasteiger partial charge in [-0.3, -0.25) is 0 Å². The number of rotatable bonds is 2. The minimum atomic E-state index is 0.372. The molecule has 0 bridgehead atoms. The summed E-state index contributed by atoms with van der Waals surface area (Å²) in [5.74, 6) is 2.57. The van der Waals surface area contributed by atoms with E-state index in [4.69, 9.17) is 5.73 Å². The maximum Gasteiger partial charge on any atom is 0.223 e. The second kappa shape index (κ2) is 4.59. The fraction of sp³-hybridized carbons (Fsp3) is 0.769. The maximum absolute atomic E-state index is 5.73. The number of hydrogen-bond donors (Lipinski definition) is 1. The molecule has 94 valence electrons. The average molecular weight is 234 g/mol. The van der Waals surface area contributed by atoms with Gasteiger partial charge in [0.05, 0.1) is 0 Å². The summed E-state index contributed by atoms with van der Waals surface area (Å²) in [6, 6.07) is 0. The Bertz CT molecular complexity index is 390. The molecule has 1 aliphatic carbocycles. The molecule has 17 heavy (non-hydrogen) atoms. The lowest BCUT2D eigenvalue weighted by atomic mass is 9.73. The van der Waals surface area contributed by atoms with Crippen molar-refractivity contribution in [1.29, 1.82) is 0 Å². The highest BCUT2D eigenvalue weighted by atomic mass is 15.1. The molecule has 0 unspecified atom stereocenters. The van der Waals surface area contributed by atoms with Crippen LogP contribution in [0.15, 0.2) is 0 Å². The quantitative estimate of drug-likeness (QED) is 0.854. The van der Waals surface area contributed by atoms with Gasteiger partial charge in [0.15, 0.2) is 0 Å². The highest BCUT2D eigenvalue weighted by molar-refractivity contribution is 5.18. The highest BCUT2D eigenvalue weighted by Gasteiger charge is 2.29. The van der Waals surface area contributed by atoms with Gasteiger partial charge in [0.25, 0.3) is 0 Å². The van der Waals surface area contributed by atoms with Crippen molar-refractivity contribution in [3.8, 4) is 0 Å². The monoisotopic (exact) mass is 234 g/mol. The molecule has 4 heteroatoms. The van der Waals surface area contributed by atoms with Crippen molar-refractivity contribution in [3.05, 3.63) is 11.6 Å². The first-order valence-electron chi connectivity index (χ1n) is 6.50. The minimum Gasteiger partial charge on any atom is -0.368 e. The number of hydrogen-bond acceptors (Lipinski definition) is 4. The molecule has 1 fully saturated rings. The summed E-state index contributed by atoms with van der Waals surface area (Å²) < 4.78 is 0. The van der Waals surface area contributed by atoms with Crippen LogP contribution in [0.3, 0.4) is 0 Å². The number of anilines is 1. The Hall–Kier alpha value is -1.19. The molecule has 1 heterocycles. The predicted octanol–water partition coefficient (Wildman–Crippen LogP) is 2.70. The van der Waals surface area contributed by atoms with Gasteiger partial charge in [-0.25, -0.2) is 4.98 Å². The molecule has 2 N–H and O–H groups in total. The Morgan fingerprint density at radius 3 is 2.41 bits per heavy atom. The second-order valence-electron chi connectivity index (χ2n) is 5.76. The van der Waals surface area contributed by atoms with Gasteiger partial charge in [-0.05, 0) is 31.1 Å². The Morgan fingerprint density at radius 1 is 1.18 bits per heavy atom. The largest absolute Gasteiger partial charge is 0.368 e. The molecular weight excluding hydrogens is 212 g/mol. The number of nitrogens with two attached hydrogens (primary N) is 1. The molecule has 1 aromatic rings. The van der Waals surface area contributed by atoms with E-state index in [2.05, 4.69) is 28.8 Å². The van der Waals surface area contributed by atoms with Gasteiger partial charge in [-0.1, -0.05) is 20.8 Å². The summed E-state index contributed by atoms with van der Waals surface area (Å²) in [5.41, 5.74) is 6.21. The predicted molar refractivity (Wildman–Crippen MR) is 68.6 cm³/mol. The van der Waals surface area contributed by atoms with E-state index in [9.17, 15) is 0 Å². The summed E-state index contributed by atoms with van der Waals surface area (Å²) in [5, 5.41) is 0. The van der Waals surface area contributed by atoms with Crippen molar-refractivity contribution in [2.75, 3.05) is 5.73 Å². The third-order valence-electron chi connectivity index (χ3n) is 3.74. The molecule has 1 saturated carbocycles. The number of aryl methyl sites for hydroxylation is 1. The van der Waals surface area contributed by atoms with Crippen LogP contribution in [0.4, 0.5) is 5.95 Å². The number of nitrogens with zero attached hydrogens (tertiary/aromatic N) is 3. The van der Waals surface area contributed by atoms with Crippen LogP contribution in [-0.4, -0.2) is 15.0 Å². The van der Waals surface area contributed by atoms with Crippen LogP contribution in [0.5, 0.6) is 0 Å². The second-order valence-corrected chi connectivity index (χ2v) is 5.76.